The fraction of sp³-hybridized carbons (Fsp3) is 1.00. The van der Waals surface area contributed by atoms with Crippen LogP contribution in [0.4, 0.5) is 0 Å². The molecule has 1 aliphatic carbocycles. The van der Waals surface area contributed by atoms with E-state index in [0.717, 1.165) is 19.1 Å². The Morgan fingerprint density at radius 1 is 1.32 bits per heavy atom. The maximum Gasteiger partial charge on any atom is 0.0698 e. The van der Waals surface area contributed by atoms with Crippen molar-refractivity contribution >= 4 is 0 Å². The smallest absolute Gasteiger partial charge is 0.0698 e. The van der Waals surface area contributed by atoms with Crippen molar-refractivity contribution in [3.05, 3.63) is 0 Å². The summed E-state index contributed by atoms with van der Waals surface area (Å²) in [6.07, 6.45) is 6.88. The van der Waals surface area contributed by atoms with Gasteiger partial charge in [0, 0.05) is 44.4 Å². The zero-order valence-electron chi connectivity index (χ0n) is 12.5. The first-order valence-electron chi connectivity index (χ1n) is 7.92. The highest BCUT2D eigenvalue weighted by molar-refractivity contribution is 5.07. The fourth-order valence-corrected chi connectivity index (χ4v) is 4.19. The van der Waals surface area contributed by atoms with E-state index < -0.39 is 0 Å². The van der Waals surface area contributed by atoms with Crippen LogP contribution in [0, 0.1) is 0 Å². The first-order valence-corrected chi connectivity index (χ1v) is 7.92. The molecule has 2 heterocycles. The monoisotopic (exact) mass is 267 g/mol. The highest BCUT2D eigenvalue weighted by Gasteiger charge is 2.49. The molecule has 2 aliphatic heterocycles. The predicted molar refractivity (Wildman–Crippen MR) is 77.2 cm³/mol. The van der Waals surface area contributed by atoms with Crippen LogP contribution in [-0.4, -0.2) is 66.8 Å². The van der Waals surface area contributed by atoms with Gasteiger partial charge in [0.05, 0.1) is 6.10 Å². The Balaban J connectivity index is 1.72. The van der Waals surface area contributed by atoms with Gasteiger partial charge < -0.3 is 10.5 Å². The summed E-state index contributed by atoms with van der Waals surface area (Å²) < 4.78 is 5.59. The van der Waals surface area contributed by atoms with Gasteiger partial charge in [0.1, 0.15) is 0 Å². The third-order valence-corrected chi connectivity index (χ3v) is 5.50. The van der Waals surface area contributed by atoms with Crippen LogP contribution in [0.3, 0.4) is 0 Å². The van der Waals surface area contributed by atoms with Crippen molar-refractivity contribution < 1.29 is 4.74 Å². The summed E-state index contributed by atoms with van der Waals surface area (Å²) in [5.74, 6) is 0. The van der Waals surface area contributed by atoms with E-state index in [2.05, 4.69) is 16.7 Å². The highest BCUT2D eigenvalue weighted by atomic mass is 16.5. The highest BCUT2D eigenvalue weighted by Crippen LogP contribution is 2.40. The van der Waals surface area contributed by atoms with Crippen molar-refractivity contribution in [1.82, 2.24) is 9.80 Å². The molecule has 0 bridgehead atoms. The minimum Gasteiger partial charge on any atom is -0.380 e. The SMILES string of the molecule is COC1CCCN(C2(CN)CC(C)N(C3CC3)C2)C1. The van der Waals surface area contributed by atoms with Crippen LogP contribution in [-0.2, 0) is 4.74 Å². The van der Waals surface area contributed by atoms with E-state index in [1.165, 1.54) is 45.2 Å². The summed E-state index contributed by atoms with van der Waals surface area (Å²) in [6.45, 7) is 6.61. The molecule has 2 saturated heterocycles. The van der Waals surface area contributed by atoms with E-state index in [9.17, 15) is 0 Å². The van der Waals surface area contributed by atoms with Crippen LogP contribution < -0.4 is 5.73 Å². The van der Waals surface area contributed by atoms with Crippen molar-refractivity contribution in [2.45, 2.75) is 62.8 Å². The van der Waals surface area contributed by atoms with E-state index in [1.54, 1.807) is 0 Å². The summed E-state index contributed by atoms with van der Waals surface area (Å²) in [4.78, 5) is 5.35. The Morgan fingerprint density at radius 3 is 2.74 bits per heavy atom. The third-order valence-electron chi connectivity index (χ3n) is 5.50. The van der Waals surface area contributed by atoms with E-state index >= 15 is 0 Å². The summed E-state index contributed by atoms with van der Waals surface area (Å²) in [5.41, 5.74) is 6.43. The summed E-state index contributed by atoms with van der Waals surface area (Å²) in [5, 5.41) is 0. The van der Waals surface area contributed by atoms with Gasteiger partial charge in [-0.25, -0.2) is 0 Å². The Morgan fingerprint density at radius 2 is 2.11 bits per heavy atom. The number of ether oxygens (including phenoxy) is 1. The minimum absolute atomic E-state index is 0.208. The molecule has 3 aliphatic rings. The molecule has 3 atom stereocenters. The molecule has 0 aromatic rings. The molecular formula is C15H29N3O. The first kappa shape index (κ1) is 13.8. The molecule has 4 nitrogen and oxygen atoms in total. The van der Waals surface area contributed by atoms with Crippen molar-refractivity contribution in [3.63, 3.8) is 0 Å². The quantitative estimate of drug-likeness (QED) is 0.827. The molecule has 3 unspecified atom stereocenters. The fourth-order valence-electron chi connectivity index (χ4n) is 4.19. The second kappa shape index (κ2) is 5.32. The van der Waals surface area contributed by atoms with Gasteiger partial charge in [0.2, 0.25) is 0 Å². The lowest BCUT2D eigenvalue weighted by Crippen LogP contribution is -2.59. The van der Waals surface area contributed by atoms with Crippen molar-refractivity contribution in [2.24, 2.45) is 5.73 Å². The van der Waals surface area contributed by atoms with E-state index in [4.69, 9.17) is 10.5 Å². The van der Waals surface area contributed by atoms with Crippen molar-refractivity contribution in [2.75, 3.05) is 33.3 Å². The van der Waals surface area contributed by atoms with Crippen LogP contribution >= 0.6 is 0 Å². The Hall–Kier alpha value is -0.160. The van der Waals surface area contributed by atoms with Crippen LogP contribution in [0.2, 0.25) is 0 Å². The molecule has 0 radical (unpaired) electrons. The number of piperidine rings is 1. The molecule has 0 spiro atoms. The number of hydrogen-bond acceptors (Lipinski definition) is 4. The number of hydrogen-bond donors (Lipinski definition) is 1. The molecule has 0 amide bonds. The maximum absolute atomic E-state index is 6.22. The summed E-state index contributed by atoms with van der Waals surface area (Å²) in [6, 6.07) is 1.55. The number of nitrogens with two attached hydrogens (primary N) is 1. The summed E-state index contributed by atoms with van der Waals surface area (Å²) >= 11 is 0. The molecule has 0 aromatic carbocycles. The molecule has 3 rings (SSSR count). The van der Waals surface area contributed by atoms with Crippen LogP contribution in [0.15, 0.2) is 0 Å². The Labute approximate surface area is 117 Å². The number of rotatable bonds is 4. The normalized spacial score (nSPS) is 41.8. The first-order chi connectivity index (χ1) is 9.18. The number of nitrogens with zero attached hydrogens (tertiary/aromatic N) is 2. The molecule has 110 valence electrons. The molecule has 19 heavy (non-hydrogen) atoms. The molecule has 4 heteroatoms. The van der Waals surface area contributed by atoms with Gasteiger partial charge in [-0.15, -0.1) is 0 Å². The lowest BCUT2D eigenvalue weighted by atomic mass is 9.91. The van der Waals surface area contributed by atoms with Gasteiger partial charge in [-0.05, 0) is 45.6 Å². The second-order valence-electron chi connectivity index (χ2n) is 6.83. The topological polar surface area (TPSA) is 41.7 Å². The van der Waals surface area contributed by atoms with Crippen molar-refractivity contribution in [3.8, 4) is 0 Å². The zero-order valence-corrected chi connectivity index (χ0v) is 12.5. The van der Waals surface area contributed by atoms with E-state index in [1.807, 2.05) is 7.11 Å². The lowest BCUT2D eigenvalue weighted by molar-refractivity contribution is -0.0144. The molecule has 0 aromatic heterocycles. The predicted octanol–water partition coefficient (Wildman–Crippen LogP) is 1.05. The summed E-state index contributed by atoms with van der Waals surface area (Å²) in [7, 11) is 1.84. The third kappa shape index (κ3) is 2.56. The van der Waals surface area contributed by atoms with Gasteiger partial charge in [0.25, 0.3) is 0 Å². The molecule has 1 saturated carbocycles. The lowest BCUT2D eigenvalue weighted by Gasteiger charge is -2.44. The maximum atomic E-state index is 6.22. The largest absolute Gasteiger partial charge is 0.380 e. The van der Waals surface area contributed by atoms with Crippen LogP contribution in [0.25, 0.3) is 0 Å². The molecule has 3 fully saturated rings. The number of likely N-dealkylation sites (tertiary alicyclic amines) is 2. The van der Waals surface area contributed by atoms with Crippen molar-refractivity contribution in [1.29, 1.82) is 0 Å². The van der Waals surface area contributed by atoms with Gasteiger partial charge in [-0.2, -0.15) is 0 Å². The Kier molecular flexibility index (Phi) is 3.87. The van der Waals surface area contributed by atoms with Gasteiger partial charge in [-0.3, -0.25) is 9.80 Å². The van der Waals surface area contributed by atoms with Crippen LogP contribution in [0.5, 0.6) is 0 Å². The number of methoxy groups -OCH3 is 1. The average Bonchev–Trinajstić information content (AvgIpc) is 3.23. The standard InChI is InChI=1S/C15H29N3O/c1-12-8-15(10-16,11-18(12)13-5-6-13)17-7-3-4-14(9-17)19-2/h12-14H,3-11,16H2,1-2H3. The van der Waals surface area contributed by atoms with Crippen LogP contribution in [0.1, 0.15) is 39.0 Å². The van der Waals surface area contributed by atoms with Gasteiger partial charge in [-0.1, -0.05) is 0 Å². The molecular weight excluding hydrogens is 238 g/mol. The van der Waals surface area contributed by atoms with E-state index in [-0.39, 0.29) is 5.54 Å². The van der Waals surface area contributed by atoms with Gasteiger partial charge >= 0.3 is 0 Å². The minimum atomic E-state index is 0.208. The second-order valence-corrected chi connectivity index (χ2v) is 6.83. The molecule has 2 N–H and O–H groups in total. The average molecular weight is 267 g/mol. The zero-order chi connectivity index (χ0) is 13.5. The Bertz CT molecular complexity index is 321. The van der Waals surface area contributed by atoms with Gasteiger partial charge in [0.15, 0.2) is 0 Å². The van der Waals surface area contributed by atoms with E-state index in [0.29, 0.717) is 12.1 Å².